The molecular weight excluding hydrogens is 432 g/mol. The quantitative estimate of drug-likeness (QED) is 0.128. The molecule has 6 unspecified atom stereocenters. The number of aliphatic hydroxyl groups is 6. The molecule has 188 valence electrons. The van der Waals surface area contributed by atoms with Crippen LogP contribution in [0.5, 0.6) is 0 Å². The molecule has 13 nitrogen and oxygen atoms in total. The van der Waals surface area contributed by atoms with E-state index in [1.807, 2.05) is 0 Å². The van der Waals surface area contributed by atoms with E-state index in [9.17, 15) is 30.3 Å². The van der Waals surface area contributed by atoms with Gasteiger partial charge in [0.15, 0.2) is 12.6 Å². The highest BCUT2D eigenvalue weighted by atomic mass is 16.7. The predicted octanol–water partition coefficient (Wildman–Crippen LogP) is -4.10. The van der Waals surface area contributed by atoms with E-state index in [4.69, 9.17) is 29.8 Å². The molecule has 2 fully saturated rings. The summed E-state index contributed by atoms with van der Waals surface area (Å²) in [6.45, 7) is 0.752. The number of carbonyl (C=O) groups is 1. The summed E-state index contributed by atoms with van der Waals surface area (Å²) in [5.74, 6) is -0.472. The number of aliphatic hydroxyl groups excluding tert-OH is 6. The summed E-state index contributed by atoms with van der Waals surface area (Å²) in [7, 11) is 0. The van der Waals surface area contributed by atoms with E-state index in [0.29, 0.717) is 13.0 Å². The Hall–Kier alpha value is -0.970. The second kappa shape index (κ2) is 13.1. The minimum atomic E-state index is -1.61. The lowest BCUT2D eigenvalue weighted by Crippen LogP contribution is -2.66. The monoisotopic (exact) mass is 468 g/mol. The molecule has 2 aliphatic rings. The first-order chi connectivity index (χ1) is 15.2. The van der Waals surface area contributed by atoms with Gasteiger partial charge in [0.2, 0.25) is 5.91 Å². The summed E-state index contributed by atoms with van der Waals surface area (Å²) in [4.78, 5) is 11.8. The number of hydrogen-bond donors (Lipinski definition) is 8. The number of amides is 1. The third-order valence-electron chi connectivity index (χ3n) is 5.47. The van der Waals surface area contributed by atoms with Crippen LogP contribution < -0.4 is 11.1 Å². The van der Waals surface area contributed by atoms with Crippen molar-refractivity contribution in [1.82, 2.24) is 5.32 Å². The molecule has 0 aromatic rings. The highest BCUT2D eigenvalue weighted by Crippen LogP contribution is 2.31. The first-order valence-electron chi connectivity index (χ1n) is 10.7. The Balaban J connectivity index is 2.16. The Morgan fingerprint density at radius 2 is 1.78 bits per heavy atom. The van der Waals surface area contributed by atoms with E-state index >= 15 is 0 Å². The van der Waals surface area contributed by atoms with Gasteiger partial charge in [-0.15, -0.1) is 0 Å². The number of carbonyl (C=O) groups excluding carboxylic acids is 1. The summed E-state index contributed by atoms with van der Waals surface area (Å²) in [5.41, 5.74) is 5.47. The van der Waals surface area contributed by atoms with Gasteiger partial charge >= 0.3 is 0 Å². The molecule has 0 aromatic carbocycles. The van der Waals surface area contributed by atoms with Gasteiger partial charge in [0, 0.05) is 13.5 Å². The van der Waals surface area contributed by atoms with Gasteiger partial charge in [-0.1, -0.05) is 0 Å². The third kappa shape index (κ3) is 6.77. The average molecular weight is 469 g/mol. The van der Waals surface area contributed by atoms with Crippen LogP contribution in [0.4, 0.5) is 0 Å². The molecule has 0 saturated carbocycles. The number of hydrogen-bond acceptors (Lipinski definition) is 12. The fourth-order valence-electron chi connectivity index (χ4n) is 3.74. The zero-order chi connectivity index (χ0) is 23.8. The molecule has 32 heavy (non-hydrogen) atoms. The molecule has 0 radical (unpaired) electrons. The Morgan fingerprint density at radius 1 is 1.06 bits per heavy atom. The lowest BCUT2D eigenvalue weighted by atomic mass is 9.96. The van der Waals surface area contributed by atoms with E-state index in [1.165, 1.54) is 6.92 Å². The van der Waals surface area contributed by atoms with Gasteiger partial charge in [0.05, 0.1) is 13.2 Å². The van der Waals surface area contributed by atoms with Gasteiger partial charge in [0.25, 0.3) is 0 Å². The summed E-state index contributed by atoms with van der Waals surface area (Å²) >= 11 is 0. The second-order valence-electron chi connectivity index (χ2n) is 7.96. The van der Waals surface area contributed by atoms with Crippen LogP contribution in [0.1, 0.15) is 26.2 Å². The minimum absolute atomic E-state index is 0.258. The fourth-order valence-corrected chi connectivity index (χ4v) is 3.74. The Kier molecular flexibility index (Phi) is 11.1. The molecule has 2 rings (SSSR count). The van der Waals surface area contributed by atoms with Crippen LogP contribution in [0.15, 0.2) is 0 Å². The molecule has 0 aliphatic carbocycles. The summed E-state index contributed by atoms with van der Waals surface area (Å²) < 4.78 is 22.4. The second-order valence-corrected chi connectivity index (χ2v) is 7.96. The van der Waals surface area contributed by atoms with Crippen LogP contribution in [0, 0.1) is 0 Å². The summed E-state index contributed by atoms with van der Waals surface area (Å²) in [6, 6.07) is -1.05. The molecule has 1 amide bonds. The van der Waals surface area contributed by atoms with Gasteiger partial charge in [-0.3, -0.25) is 4.79 Å². The van der Waals surface area contributed by atoms with Crippen molar-refractivity contribution >= 4 is 5.91 Å². The van der Waals surface area contributed by atoms with Gasteiger partial charge in [-0.05, 0) is 25.8 Å². The molecule has 0 bridgehead atoms. The van der Waals surface area contributed by atoms with Crippen molar-refractivity contribution in [3.63, 3.8) is 0 Å². The SMILES string of the molecule is CC(=O)NC1C(OCCCCCN)OC(CO)C(O)C1O[C@@H]1O[C@@H]([C@H](O)CO)[C@@H](O)C1O. The van der Waals surface area contributed by atoms with Crippen LogP contribution in [-0.2, 0) is 23.7 Å². The summed E-state index contributed by atoms with van der Waals surface area (Å²) in [5, 5.41) is 62.2. The molecule has 0 spiro atoms. The average Bonchev–Trinajstić information content (AvgIpc) is 3.04. The van der Waals surface area contributed by atoms with E-state index in [1.54, 1.807) is 0 Å². The Morgan fingerprint density at radius 3 is 2.38 bits per heavy atom. The fraction of sp³-hybridized carbons (Fsp3) is 0.947. The smallest absolute Gasteiger partial charge is 0.217 e. The van der Waals surface area contributed by atoms with Gasteiger partial charge in [-0.2, -0.15) is 0 Å². The van der Waals surface area contributed by atoms with Gasteiger partial charge in [-0.25, -0.2) is 0 Å². The normalized spacial score (nSPS) is 38.6. The van der Waals surface area contributed by atoms with Crippen molar-refractivity contribution < 1.29 is 54.4 Å². The maximum Gasteiger partial charge on any atom is 0.217 e. The largest absolute Gasteiger partial charge is 0.394 e. The molecule has 2 saturated heterocycles. The zero-order valence-corrected chi connectivity index (χ0v) is 18.0. The van der Waals surface area contributed by atoms with Crippen LogP contribution in [0.2, 0.25) is 0 Å². The number of unbranched alkanes of at least 4 members (excludes halogenated alkanes) is 2. The number of rotatable bonds is 12. The van der Waals surface area contributed by atoms with Gasteiger partial charge < -0.3 is 60.6 Å². The van der Waals surface area contributed by atoms with Crippen molar-refractivity contribution in [3.8, 4) is 0 Å². The highest BCUT2D eigenvalue weighted by Gasteiger charge is 2.52. The number of ether oxygens (including phenoxy) is 4. The molecule has 13 heteroatoms. The first-order valence-corrected chi connectivity index (χ1v) is 10.7. The van der Waals surface area contributed by atoms with Crippen molar-refractivity contribution in [3.05, 3.63) is 0 Å². The standard InChI is InChI=1S/C19H36N2O11/c1-9(24)21-12-17(32-19-15(28)14(27)16(31-19)10(25)7-22)13(26)11(8-23)30-18(12)29-6-4-2-3-5-20/h10-19,22-23,25-28H,2-8,20H2,1H3,(H,21,24)/t10-,11?,12?,13?,14+,15?,16+,17?,18?,19+/m1/s1. The Labute approximate surface area is 186 Å². The maximum absolute atomic E-state index is 11.8. The van der Waals surface area contributed by atoms with Crippen molar-refractivity contribution in [2.75, 3.05) is 26.4 Å². The van der Waals surface area contributed by atoms with Crippen molar-refractivity contribution in [1.29, 1.82) is 0 Å². The molecule has 2 heterocycles. The predicted molar refractivity (Wildman–Crippen MR) is 107 cm³/mol. The van der Waals surface area contributed by atoms with E-state index in [2.05, 4.69) is 5.32 Å². The lowest BCUT2D eigenvalue weighted by molar-refractivity contribution is -0.305. The third-order valence-corrected chi connectivity index (χ3v) is 5.47. The number of nitrogens with two attached hydrogens (primary N) is 1. The lowest BCUT2D eigenvalue weighted by Gasteiger charge is -2.44. The topological polar surface area (TPSA) is 213 Å². The summed E-state index contributed by atoms with van der Waals surface area (Å²) in [6.07, 6.45) is -10.1. The molecule has 0 aromatic heterocycles. The molecule has 10 atom stereocenters. The minimum Gasteiger partial charge on any atom is -0.394 e. The maximum atomic E-state index is 11.8. The van der Waals surface area contributed by atoms with E-state index < -0.39 is 80.5 Å². The molecular formula is C19H36N2O11. The van der Waals surface area contributed by atoms with Gasteiger partial charge in [0.1, 0.15) is 48.8 Å². The molecule has 9 N–H and O–H groups in total. The highest BCUT2D eigenvalue weighted by molar-refractivity contribution is 5.73. The van der Waals surface area contributed by atoms with E-state index in [-0.39, 0.29) is 6.61 Å². The Bertz CT molecular complexity index is 571. The van der Waals surface area contributed by atoms with Crippen LogP contribution in [0.3, 0.4) is 0 Å². The van der Waals surface area contributed by atoms with E-state index in [0.717, 1.165) is 12.8 Å². The first kappa shape index (κ1) is 27.3. The van der Waals surface area contributed by atoms with Crippen LogP contribution in [0.25, 0.3) is 0 Å². The van der Waals surface area contributed by atoms with Crippen molar-refractivity contribution in [2.45, 2.75) is 87.5 Å². The molecule has 2 aliphatic heterocycles. The number of nitrogens with one attached hydrogen (secondary N) is 1. The van der Waals surface area contributed by atoms with Crippen LogP contribution in [-0.4, -0.2) is 124 Å². The van der Waals surface area contributed by atoms with Crippen LogP contribution >= 0.6 is 0 Å². The van der Waals surface area contributed by atoms with Crippen molar-refractivity contribution in [2.24, 2.45) is 5.73 Å². The zero-order valence-electron chi connectivity index (χ0n) is 18.0.